The molecule has 0 aromatic rings. The first-order valence-corrected chi connectivity index (χ1v) is 4.96. The number of hydrogen-bond donors (Lipinski definition) is 1. The van der Waals surface area contributed by atoms with Gasteiger partial charge < -0.3 is 4.18 Å². The zero-order chi connectivity index (χ0) is 8.32. The first-order chi connectivity index (χ1) is 5.08. The highest BCUT2D eigenvalue weighted by atomic mass is 32.2. The van der Waals surface area contributed by atoms with E-state index >= 15 is 0 Å². The maximum atomic E-state index is 10.4. The molecule has 0 saturated heterocycles. The lowest BCUT2D eigenvalue weighted by Gasteiger charge is -2.11. The second-order valence-corrected chi connectivity index (χ2v) is 3.64. The van der Waals surface area contributed by atoms with Crippen molar-refractivity contribution in [3.8, 4) is 0 Å². The van der Waals surface area contributed by atoms with Crippen molar-refractivity contribution in [3.05, 3.63) is 11.8 Å². The minimum Gasteiger partial charge on any atom is -0.376 e. The van der Waals surface area contributed by atoms with E-state index in [4.69, 9.17) is 0 Å². The summed E-state index contributed by atoms with van der Waals surface area (Å²) in [5, 5.41) is 4.68. The Kier molecular flexibility index (Phi) is 2.51. The molecule has 4 nitrogen and oxygen atoms in total. The monoisotopic (exact) mass is 177 g/mol. The van der Waals surface area contributed by atoms with Crippen LogP contribution in [0.15, 0.2) is 11.8 Å². The van der Waals surface area contributed by atoms with E-state index < -0.39 is 10.3 Å². The molecule has 0 aliphatic heterocycles. The van der Waals surface area contributed by atoms with E-state index in [1.807, 2.05) is 0 Å². The molecule has 0 amide bonds. The zero-order valence-electron chi connectivity index (χ0n) is 6.12. The average Bonchev–Trinajstić information content (AvgIpc) is 1.85. The maximum Gasteiger partial charge on any atom is 0.379 e. The third-order valence-corrected chi connectivity index (χ3v) is 1.92. The number of rotatable bonds is 2. The van der Waals surface area contributed by atoms with Gasteiger partial charge in [0.25, 0.3) is 0 Å². The smallest absolute Gasteiger partial charge is 0.376 e. The van der Waals surface area contributed by atoms with Crippen LogP contribution in [-0.4, -0.2) is 8.42 Å². The summed E-state index contributed by atoms with van der Waals surface area (Å²) >= 11 is 0. The summed E-state index contributed by atoms with van der Waals surface area (Å²) in [7, 11) is -3.79. The lowest BCUT2D eigenvalue weighted by molar-refractivity contribution is 0.376. The zero-order valence-corrected chi connectivity index (χ0v) is 6.93. The Morgan fingerprint density at radius 3 is 2.64 bits per heavy atom. The molecule has 0 radical (unpaired) electrons. The first kappa shape index (κ1) is 8.55. The van der Waals surface area contributed by atoms with Crippen LogP contribution in [0.2, 0.25) is 0 Å². The summed E-state index contributed by atoms with van der Waals surface area (Å²) in [4.78, 5) is 0. The minimum atomic E-state index is -3.79. The van der Waals surface area contributed by atoms with Crippen molar-refractivity contribution < 1.29 is 12.6 Å². The molecule has 0 aromatic heterocycles. The fraction of sp³-hybridized carbons (Fsp3) is 0.667. The van der Waals surface area contributed by atoms with Gasteiger partial charge in [0, 0.05) is 6.42 Å². The molecule has 1 aliphatic rings. The van der Waals surface area contributed by atoms with Crippen LogP contribution in [0.25, 0.3) is 0 Å². The van der Waals surface area contributed by atoms with Crippen LogP contribution in [-0.2, 0) is 14.5 Å². The van der Waals surface area contributed by atoms with E-state index in [0.717, 1.165) is 19.3 Å². The van der Waals surface area contributed by atoms with Gasteiger partial charge in [-0.2, -0.15) is 13.6 Å². The molecule has 5 heteroatoms. The average molecular weight is 177 g/mol. The summed E-state index contributed by atoms with van der Waals surface area (Å²) in [6.45, 7) is 0. The normalized spacial score (nSPS) is 19.2. The quantitative estimate of drug-likeness (QED) is 0.673. The highest BCUT2D eigenvalue weighted by molar-refractivity contribution is 7.84. The van der Waals surface area contributed by atoms with Gasteiger partial charge in [-0.3, -0.25) is 0 Å². The molecule has 0 spiro atoms. The van der Waals surface area contributed by atoms with Gasteiger partial charge in [0.2, 0.25) is 0 Å². The van der Waals surface area contributed by atoms with Crippen molar-refractivity contribution in [3.63, 3.8) is 0 Å². The topological polar surface area (TPSA) is 69.4 Å². The number of hydrogen-bond acceptors (Lipinski definition) is 3. The first-order valence-electron chi connectivity index (χ1n) is 3.49. The molecule has 0 saturated carbocycles. The van der Waals surface area contributed by atoms with Crippen LogP contribution in [0.4, 0.5) is 0 Å². The molecule has 2 N–H and O–H groups in total. The molecule has 1 rings (SSSR count). The lowest BCUT2D eigenvalue weighted by atomic mass is 10.1. The molecule has 0 bridgehead atoms. The largest absolute Gasteiger partial charge is 0.379 e. The molecule has 0 fully saturated rings. The van der Waals surface area contributed by atoms with Crippen molar-refractivity contribution in [2.24, 2.45) is 5.14 Å². The Bertz CT molecular complexity index is 255. The second-order valence-electron chi connectivity index (χ2n) is 2.49. The maximum absolute atomic E-state index is 10.4. The van der Waals surface area contributed by atoms with Crippen LogP contribution >= 0.6 is 0 Å². The minimum absolute atomic E-state index is 0.485. The van der Waals surface area contributed by atoms with Crippen LogP contribution in [0.3, 0.4) is 0 Å². The van der Waals surface area contributed by atoms with Crippen LogP contribution in [0, 0.1) is 0 Å². The Labute approximate surface area is 66.3 Å². The van der Waals surface area contributed by atoms with Gasteiger partial charge >= 0.3 is 10.3 Å². The second kappa shape index (κ2) is 3.23. The van der Waals surface area contributed by atoms with E-state index in [0.29, 0.717) is 12.2 Å². The van der Waals surface area contributed by atoms with E-state index in [-0.39, 0.29) is 0 Å². The molecule has 0 atom stereocenters. The third-order valence-electron chi connectivity index (χ3n) is 1.47. The van der Waals surface area contributed by atoms with Gasteiger partial charge in [-0.05, 0) is 25.3 Å². The molecule has 11 heavy (non-hydrogen) atoms. The van der Waals surface area contributed by atoms with E-state index in [1.165, 1.54) is 0 Å². The number of allylic oxidation sites excluding steroid dienone is 2. The van der Waals surface area contributed by atoms with Gasteiger partial charge in [-0.1, -0.05) is 0 Å². The Hall–Kier alpha value is -0.550. The van der Waals surface area contributed by atoms with E-state index in [9.17, 15) is 8.42 Å². The predicted molar refractivity (Wildman–Crippen MR) is 40.7 cm³/mol. The molecular weight excluding hydrogens is 166 g/mol. The summed E-state index contributed by atoms with van der Waals surface area (Å²) in [5.41, 5.74) is 0. The van der Waals surface area contributed by atoms with Gasteiger partial charge in [-0.25, -0.2) is 0 Å². The van der Waals surface area contributed by atoms with Gasteiger partial charge in [0.1, 0.15) is 5.76 Å². The van der Waals surface area contributed by atoms with Crippen molar-refractivity contribution >= 4 is 10.3 Å². The fourth-order valence-corrected chi connectivity index (χ4v) is 1.48. The molecule has 1 aliphatic carbocycles. The van der Waals surface area contributed by atoms with Gasteiger partial charge in [0.15, 0.2) is 0 Å². The fourth-order valence-electron chi connectivity index (χ4n) is 1.03. The van der Waals surface area contributed by atoms with E-state index in [1.54, 1.807) is 6.08 Å². The Morgan fingerprint density at radius 1 is 1.45 bits per heavy atom. The van der Waals surface area contributed by atoms with E-state index in [2.05, 4.69) is 9.32 Å². The van der Waals surface area contributed by atoms with Crippen LogP contribution < -0.4 is 5.14 Å². The summed E-state index contributed by atoms with van der Waals surface area (Å²) in [6, 6.07) is 0. The summed E-state index contributed by atoms with van der Waals surface area (Å²) < 4.78 is 25.3. The third kappa shape index (κ3) is 3.38. The molecule has 64 valence electrons. The standard InChI is InChI=1S/C6H11NO3S/c7-11(8,9)10-6-4-2-1-3-5-6/h4H,1-3,5H2,(H2,7,8,9). The molecule has 0 aromatic carbocycles. The Morgan fingerprint density at radius 2 is 2.18 bits per heavy atom. The predicted octanol–water partition coefficient (Wildman–Crippen LogP) is 0.664. The highest BCUT2D eigenvalue weighted by Gasteiger charge is 2.10. The molecular formula is C6H11NO3S. The Balaban J connectivity index is 2.55. The SMILES string of the molecule is NS(=O)(=O)OC1=CCCCC1. The molecule has 0 heterocycles. The summed E-state index contributed by atoms with van der Waals surface area (Å²) in [5.74, 6) is 0.485. The lowest BCUT2D eigenvalue weighted by Crippen LogP contribution is -2.16. The van der Waals surface area contributed by atoms with Crippen molar-refractivity contribution in [2.75, 3.05) is 0 Å². The van der Waals surface area contributed by atoms with Crippen molar-refractivity contribution in [2.45, 2.75) is 25.7 Å². The number of nitrogens with two attached hydrogens (primary N) is 1. The highest BCUT2D eigenvalue weighted by Crippen LogP contribution is 2.18. The van der Waals surface area contributed by atoms with Crippen molar-refractivity contribution in [1.29, 1.82) is 0 Å². The van der Waals surface area contributed by atoms with Crippen molar-refractivity contribution in [1.82, 2.24) is 0 Å². The van der Waals surface area contributed by atoms with Gasteiger partial charge in [-0.15, -0.1) is 0 Å². The van der Waals surface area contributed by atoms with Crippen LogP contribution in [0.1, 0.15) is 25.7 Å². The van der Waals surface area contributed by atoms with Gasteiger partial charge in [0.05, 0.1) is 0 Å². The summed E-state index contributed by atoms with van der Waals surface area (Å²) in [6.07, 6.45) is 5.40. The molecule has 0 unspecified atom stereocenters. The van der Waals surface area contributed by atoms with Crippen LogP contribution in [0.5, 0.6) is 0 Å².